The number of amides is 4. The minimum Gasteiger partial charge on any atom is -0.493 e. The summed E-state index contributed by atoms with van der Waals surface area (Å²) in [5.74, 6) is -0.428. The highest BCUT2D eigenvalue weighted by molar-refractivity contribution is 7.81. The molecule has 3 aliphatic heterocycles. The minimum absolute atomic E-state index is 0.125. The predicted molar refractivity (Wildman–Crippen MR) is 220 cm³/mol. The van der Waals surface area contributed by atoms with Gasteiger partial charge < -0.3 is 20.3 Å². The number of likely N-dealkylation sites (tertiary alicyclic amines) is 1. The number of pyridine rings is 1. The number of hydrogen-bond acceptors (Lipinski definition) is 12. The van der Waals surface area contributed by atoms with Crippen molar-refractivity contribution in [2.45, 2.75) is 95.5 Å². The van der Waals surface area contributed by atoms with Gasteiger partial charge in [-0.25, -0.2) is 4.98 Å². The summed E-state index contributed by atoms with van der Waals surface area (Å²) >= 11 is 4.69. The molecule has 0 unspecified atom stereocenters. The molecule has 0 bridgehead atoms. The highest BCUT2D eigenvalue weighted by atomic mass is 32.1. The van der Waals surface area contributed by atoms with Gasteiger partial charge in [-0.2, -0.15) is 23.7 Å². The first kappa shape index (κ1) is 43.7. The Balaban J connectivity index is 1.02. The zero-order valence-electron chi connectivity index (χ0n) is 33.6. The van der Waals surface area contributed by atoms with Crippen LogP contribution in [0.2, 0.25) is 0 Å². The summed E-state index contributed by atoms with van der Waals surface area (Å²) in [5, 5.41) is 27.1. The van der Waals surface area contributed by atoms with Gasteiger partial charge >= 0.3 is 6.18 Å². The number of nitriles is 2. The van der Waals surface area contributed by atoms with Crippen molar-refractivity contribution in [2.75, 3.05) is 40.1 Å². The van der Waals surface area contributed by atoms with Gasteiger partial charge in [-0.15, -0.1) is 12.6 Å². The van der Waals surface area contributed by atoms with Crippen LogP contribution in [0.5, 0.6) is 5.75 Å². The lowest BCUT2D eigenvalue weighted by atomic mass is 9.93. The molecule has 0 spiro atoms. The van der Waals surface area contributed by atoms with E-state index in [0.717, 1.165) is 42.0 Å². The normalized spacial score (nSPS) is 20.3. The van der Waals surface area contributed by atoms with Crippen LogP contribution >= 0.6 is 12.6 Å². The number of rotatable bonds is 12. The molecule has 0 saturated carbocycles. The molecule has 18 heteroatoms. The molecule has 0 aliphatic carbocycles. The quantitative estimate of drug-likeness (QED) is 0.124. The average molecular weight is 846 g/mol. The Bertz CT molecular complexity index is 2250. The number of halogens is 3. The third-order valence-corrected chi connectivity index (χ3v) is 11.8. The zero-order valence-corrected chi connectivity index (χ0v) is 34.5. The average Bonchev–Trinajstić information content (AvgIpc) is 3.39. The highest BCUT2D eigenvalue weighted by Crippen LogP contribution is 2.43. The maximum absolute atomic E-state index is 13.8. The van der Waals surface area contributed by atoms with Crippen molar-refractivity contribution in [1.29, 1.82) is 10.5 Å². The van der Waals surface area contributed by atoms with E-state index in [2.05, 4.69) is 31.9 Å². The molecule has 3 aromatic rings. The lowest BCUT2D eigenvalue weighted by molar-refractivity contribution is -0.138. The molecule has 60 heavy (non-hydrogen) atoms. The molecule has 2 aromatic carbocycles. The molecule has 14 nitrogen and oxygen atoms in total. The highest BCUT2D eigenvalue weighted by Gasteiger charge is 2.52. The summed E-state index contributed by atoms with van der Waals surface area (Å²) in [5.41, 5.74) is -1.60. The largest absolute Gasteiger partial charge is 0.493 e. The van der Waals surface area contributed by atoms with Crippen LogP contribution in [-0.4, -0.2) is 76.3 Å². The number of imide groups is 1. The molecule has 0 radical (unpaired) electrons. The molecule has 4 amide bonds. The molecule has 4 heterocycles. The lowest BCUT2D eigenvalue weighted by Crippen LogP contribution is -2.47. The summed E-state index contributed by atoms with van der Waals surface area (Å²) in [4.78, 5) is 59.5. The number of alkyl halides is 3. The van der Waals surface area contributed by atoms with Gasteiger partial charge in [0.1, 0.15) is 23.4 Å². The number of nitrogens with zero attached hydrogens (tertiary/aromatic N) is 6. The Morgan fingerprint density at radius 2 is 1.77 bits per heavy atom. The molecular formula is C42H46F3N9O5S. The summed E-state index contributed by atoms with van der Waals surface area (Å²) in [6.45, 7) is 9.03. The zero-order chi connectivity index (χ0) is 43.5. The molecule has 1 aromatic heterocycles. The van der Waals surface area contributed by atoms with Crippen molar-refractivity contribution in [2.24, 2.45) is 5.92 Å². The number of carbonyl (C=O) groups excluding carboxylic acids is 4. The minimum atomic E-state index is -4.85. The van der Waals surface area contributed by atoms with Crippen molar-refractivity contribution >= 4 is 59.0 Å². The number of nitrogens with one attached hydrogen (secondary N) is 3. The van der Waals surface area contributed by atoms with Gasteiger partial charge in [0, 0.05) is 23.5 Å². The van der Waals surface area contributed by atoms with Crippen LogP contribution in [0.1, 0.15) is 82.2 Å². The van der Waals surface area contributed by atoms with Crippen molar-refractivity contribution in [3.05, 3.63) is 71.0 Å². The fourth-order valence-electron chi connectivity index (χ4n) is 7.89. The van der Waals surface area contributed by atoms with E-state index in [1.165, 1.54) is 6.07 Å². The molecule has 3 aliphatic rings. The van der Waals surface area contributed by atoms with E-state index in [9.17, 15) is 42.9 Å². The number of ether oxygens (including phenoxy) is 1. The van der Waals surface area contributed by atoms with Gasteiger partial charge in [0.2, 0.25) is 17.7 Å². The first-order chi connectivity index (χ1) is 28.4. The third kappa shape index (κ3) is 9.30. The van der Waals surface area contributed by atoms with Gasteiger partial charge in [0.25, 0.3) is 5.91 Å². The van der Waals surface area contributed by atoms with E-state index >= 15 is 0 Å². The first-order valence-corrected chi connectivity index (χ1v) is 20.2. The third-order valence-electron chi connectivity index (χ3n) is 11.3. The topological polar surface area (TPSA) is 184 Å². The summed E-state index contributed by atoms with van der Waals surface area (Å²) < 4.78 is 47.5. The van der Waals surface area contributed by atoms with Crippen molar-refractivity contribution in [3.8, 4) is 17.9 Å². The van der Waals surface area contributed by atoms with Crippen LogP contribution in [0.3, 0.4) is 0 Å². The maximum Gasteiger partial charge on any atom is 0.419 e. The Morgan fingerprint density at radius 3 is 2.42 bits per heavy atom. The molecule has 3 atom stereocenters. The fraction of sp³-hybridized carbons (Fsp3) is 0.452. The second-order valence-corrected chi connectivity index (χ2v) is 16.1. The Labute approximate surface area is 351 Å². The van der Waals surface area contributed by atoms with E-state index in [1.807, 2.05) is 26.0 Å². The van der Waals surface area contributed by atoms with Crippen molar-refractivity contribution in [3.63, 3.8) is 0 Å². The van der Waals surface area contributed by atoms with E-state index in [1.54, 1.807) is 43.0 Å². The number of anilines is 4. The van der Waals surface area contributed by atoms with E-state index < -0.39 is 52.4 Å². The van der Waals surface area contributed by atoms with Crippen LogP contribution in [-0.2, 0) is 31.8 Å². The van der Waals surface area contributed by atoms with Gasteiger partial charge in [0.15, 0.2) is 11.2 Å². The fourth-order valence-corrected chi connectivity index (χ4v) is 8.55. The van der Waals surface area contributed by atoms with Crippen molar-refractivity contribution < 1.29 is 37.1 Å². The van der Waals surface area contributed by atoms with Crippen molar-refractivity contribution in [1.82, 2.24) is 15.2 Å². The van der Waals surface area contributed by atoms with E-state index in [4.69, 9.17) is 17.4 Å². The monoisotopic (exact) mass is 845 g/mol. The number of thiol groups is 1. The molecule has 3 N–H and O–H groups in total. The van der Waals surface area contributed by atoms with Crippen LogP contribution in [0.25, 0.3) is 0 Å². The second-order valence-electron chi connectivity index (χ2n) is 15.6. The van der Waals surface area contributed by atoms with Gasteiger partial charge in [-0.05, 0) is 120 Å². The van der Waals surface area contributed by atoms with Gasteiger partial charge in [-0.1, -0.05) is 6.92 Å². The molecule has 6 rings (SSSR count). The Morgan fingerprint density at radius 1 is 1.05 bits per heavy atom. The Hall–Kier alpha value is -5.85. The Kier molecular flexibility index (Phi) is 13.0. The van der Waals surface area contributed by atoms with Gasteiger partial charge in [-0.3, -0.25) is 34.3 Å². The number of carbonyl (C=O) groups is 4. The van der Waals surface area contributed by atoms with Crippen LogP contribution < -0.4 is 30.5 Å². The van der Waals surface area contributed by atoms with E-state index in [-0.39, 0.29) is 23.9 Å². The molecular weight excluding hydrogens is 800 g/mol. The lowest BCUT2D eigenvalue weighted by Gasteiger charge is -2.35. The number of aryl methyl sites for hydroxylation is 1. The molecule has 3 saturated heterocycles. The standard InChI is InChI=1S/C42H46F3N9O5S/c1-5-27-18-30(54-40(60)53(39(58)41(54,3)4)31-20-32(42(43,44)45)34(22-47)48-23-31)6-8-35(27)59-15-12-25-10-13-52(14-11-25)24(2)37(56)50-29-17-26(21-46)16-28(19-29)49-33-7-9-36(55)51-38(33)57/h6,8,16-20,23-25,33,40,49,60H,5,7,9-15H2,1-4H3,(H,50,56)(H,51,55,57)/t24-,33-,40+/m0/s1. The predicted octanol–water partition coefficient (Wildman–Crippen LogP) is 5.98. The summed E-state index contributed by atoms with van der Waals surface area (Å²) in [6.07, 6.45) is -0.122. The second kappa shape index (κ2) is 17.8. The number of aromatic nitrogens is 1. The number of hydrogen-bond donors (Lipinski definition) is 4. The molecule has 3 fully saturated rings. The van der Waals surface area contributed by atoms with Crippen LogP contribution in [0.15, 0.2) is 48.7 Å². The first-order valence-electron chi connectivity index (χ1n) is 19.7. The number of benzene rings is 2. The summed E-state index contributed by atoms with van der Waals surface area (Å²) in [6, 6.07) is 13.5. The van der Waals surface area contributed by atoms with E-state index in [0.29, 0.717) is 66.8 Å². The number of piperidine rings is 2. The van der Waals surface area contributed by atoms with Crippen LogP contribution in [0, 0.1) is 28.6 Å². The SMILES string of the molecule is CCc1cc(N2[C@H](S)N(c3cnc(C#N)c(C(F)(F)F)c3)C(=O)C2(C)C)ccc1OCCC1CCN([C@@H](C)C(=O)Nc2cc(C#N)cc(N[C@H]3CCC(=O)NC3=O)c2)CC1. The smallest absolute Gasteiger partial charge is 0.419 e. The van der Waals surface area contributed by atoms with Gasteiger partial charge in [0.05, 0.1) is 41.7 Å². The maximum atomic E-state index is 13.8. The van der Waals surface area contributed by atoms with Crippen LogP contribution in [0.4, 0.5) is 35.9 Å². The summed E-state index contributed by atoms with van der Waals surface area (Å²) in [7, 11) is 0. The molecule has 316 valence electrons.